The van der Waals surface area contributed by atoms with Gasteiger partial charge in [-0.05, 0) is 32.9 Å². The number of rotatable bonds is 1. The predicted molar refractivity (Wildman–Crippen MR) is 76.8 cm³/mol. The first-order valence-corrected chi connectivity index (χ1v) is 7.16. The number of carbonyl (C=O) groups is 1. The predicted octanol–water partition coefficient (Wildman–Crippen LogP) is 2.89. The number of amides is 1. The van der Waals surface area contributed by atoms with E-state index in [0.717, 1.165) is 10.6 Å². The summed E-state index contributed by atoms with van der Waals surface area (Å²) in [7, 11) is 0. The van der Waals surface area contributed by atoms with Gasteiger partial charge in [0.2, 0.25) is 0 Å². The van der Waals surface area contributed by atoms with Crippen molar-refractivity contribution in [3.8, 4) is 0 Å². The van der Waals surface area contributed by atoms with Crippen LogP contribution in [0.15, 0.2) is 29.2 Å². The lowest BCUT2D eigenvalue weighted by Crippen LogP contribution is -2.43. The average Bonchev–Trinajstić information content (AvgIpc) is 2.35. The summed E-state index contributed by atoms with van der Waals surface area (Å²) < 4.78 is 5.42. The van der Waals surface area contributed by atoms with Gasteiger partial charge < -0.3 is 9.84 Å². The van der Waals surface area contributed by atoms with Gasteiger partial charge in [0.05, 0.1) is 17.5 Å². The molecule has 1 amide bonds. The molecule has 19 heavy (non-hydrogen) atoms. The first-order chi connectivity index (χ1) is 8.90. The van der Waals surface area contributed by atoms with Crippen LogP contribution in [0.3, 0.4) is 0 Å². The molecular weight excluding hydrogens is 262 g/mol. The zero-order chi connectivity index (χ0) is 14.0. The number of benzene rings is 1. The van der Waals surface area contributed by atoms with E-state index in [1.165, 1.54) is 0 Å². The summed E-state index contributed by atoms with van der Waals surface area (Å²) in [6.07, 6.45) is -0.362. The molecule has 0 bridgehead atoms. The number of nitrogens with zero attached hydrogens (tertiary/aromatic N) is 1. The fourth-order valence-corrected chi connectivity index (χ4v) is 3.00. The van der Waals surface area contributed by atoms with Crippen molar-refractivity contribution in [2.24, 2.45) is 0 Å². The van der Waals surface area contributed by atoms with Crippen molar-refractivity contribution in [2.75, 3.05) is 18.1 Å². The van der Waals surface area contributed by atoms with Crippen molar-refractivity contribution < 1.29 is 14.6 Å². The first kappa shape index (κ1) is 14.2. The number of hydrogen-bond acceptors (Lipinski definition) is 4. The molecule has 1 aromatic rings. The molecule has 0 spiro atoms. The fourth-order valence-electron chi connectivity index (χ4n) is 1.88. The van der Waals surface area contributed by atoms with E-state index < -0.39 is 5.60 Å². The Morgan fingerprint density at radius 3 is 2.79 bits per heavy atom. The van der Waals surface area contributed by atoms with Crippen LogP contribution in [-0.2, 0) is 4.74 Å². The quantitative estimate of drug-likeness (QED) is 0.860. The van der Waals surface area contributed by atoms with Crippen LogP contribution in [0, 0.1) is 0 Å². The normalized spacial score (nSPS) is 18.9. The Labute approximate surface area is 117 Å². The molecule has 1 aliphatic heterocycles. The Morgan fingerprint density at radius 2 is 2.16 bits per heavy atom. The minimum absolute atomic E-state index is 0.0116. The molecule has 0 saturated heterocycles. The van der Waals surface area contributed by atoms with Crippen LogP contribution in [0.25, 0.3) is 0 Å². The maximum Gasteiger partial charge on any atom is 0.414 e. The second kappa shape index (κ2) is 5.43. The lowest BCUT2D eigenvalue weighted by atomic mass is 10.2. The summed E-state index contributed by atoms with van der Waals surface area (Å²) in [5.41, 5.74) is 0.331. The number of para-hydroxylation sites is 1. The van der Waals surface area contributed by atoms with Gasteiger partial charge in [-0.1, -0.05) is 12.1 Å². The average molecular weight is 281 g/mol. The van der Waals surface area contributed by atoms with Crippen LogP contribution in [0.1, 0.15) is 20.8 Å². The maximum absolute atomic E-state index is 12.3. The molecule has 1 heterocycles. The molecule has 104 valence electrons. The third-order valence-electron chi connectivity index (χ3n) is 2.65. The highest BCUT2D eigenvalue weighted by Crippen LogP contribution is 2.38. The van der Waals surface area contributed by atoms with Crippen LogP contribution in [0.2, 0.25) is 0 Å². The van der Waals surface area contributed by atoms with Gasteiger partial charge >= 0.3 is 6.09 Å². The van der Waals surface area contributed by atoms with Crippen molar-refractivity contribution in [3.63, 3.8) is 0 Å². The summed E-state index contributed by atoms with van der Waals surface area (Å²) in [4.78, 5) is 14.9. The van der Waals surface area contributed by atoms with Gasteiger partial charge in [0, 0.05) is 11.4 Å². The molecule has 4 nitrogen and oxygen atoms in total. The number of carbonyl (C=O) groups excluding carboxylic acids is 1. The van der Waals surface area contributed by atoms with E-state index in [9.17, 15) is 9.90 Å². The molecule has 0 unspecified atom stereocenters. The van der Waals surface area contributed by atoms with E-state index in [1.807, 2.05) is 45.0 Å². The number of ether oxygens (including phenoxy) is 1. The number of aliphatic hydroxyl groups is 1. The molecule has 0 aromatic heterocycles. The van der Waals surface area contributed by atoms with E-state index in [4.69, 9.17) is 4.74 Å². The molecule has 5 heteroatoms. The van der Waals surface area contributed by atoms with Crippen molar-refractivity contribution in [1.82, 2.24) is 0 Å². The van der Waals surface area contributed by atoms with Crippen LogP contribution in [0.5, 0.6) is 0 Å². The van der Waals surface area contributed by atoms with Crippen LogP contribution in [0.4, 0.5) is 10.5 Å². The van der Waals surface area contributed by atoms with Gasteiger partial charge in [0.1, 0.15) is 5.60 Å². The first-order valence-electron chi connectivity index (χ1n) is 6.28. The molecule has 0 aliphatic carbocycles. The van der Waals surface area contributed by atoms with Crippen LogP contribution in [-0.4, -0.2) is 35.2 Å². The highest BCUT2D eigenvalue weighted by molar-refractivity contribution is 8.00. The third kappa shape index (κ3) is 3.42. The van der Waals surface area contributed by atoms with E-state index in [-0.39, 0.29) is 18.0 Å². The third-order valence-corrected chi connectivity index (χ3v) is 3.88. The summed E-state index contributed by atoms with van der Waals surface area (Å²) in [6.45, 7) is 6.04. The minimum atomic E-state index is -0.522. The molecule has 1 aliphatic rings. The molecule has 1 atom stereocenters. The summed E-state index contributed by atoms with van der Waals surface area (Å²) in [5.74, 6) is 0. The molecule has 2 rings (SSSR count). The molecular formula is C14H19NO3S. The van der Waals surface area contributed by atoms with Gasteiger partial charge in [-0.3, -0.25) is 4.90 Å². The minimum Gasteiger partial charge on any atom is -0.443 e. The van der Waals surface area contributed by atoms with Crippen molar-refractivity contribution in [3.05, 3.63) is 24.3 Å². The summed E-state index contributed by atoms with van der Waals surface area (Å²) >= 11 is 1.60. The summed E-state index contributed by atoms with van der Waals surface area (Å²) in [6, 6.07) is 7.69. The number of hydrogen-bond donors (Lipinski definition) is 1. The van der Waals surface area contributed by atoms with E-state index in [1.54, 1.807) is 16.7 Å². The van der Waals surface area contributed by atoms with Gasteiger partial charge in [0.25, 0.3) is 0 Å². The second-order valence-electron chi connectivity index (χ2n) is 5.48. The highest BCUT2D eigenvalue weighted by atomic mass is 32.2. The molecule has 1 N–H and O–H groups in total. The number of fused-ring (bicyclic) bond motifs is 1. The van der Waals surface area contributed by atoms with Crippen molar-refractivity contribution >= 4 is 23.5 Å². The van der Waals surface area contributed by atoms with E-state index in [2.05, 4.69) is 0 Å². The van der Waals surface area contributed by atoms with Gasteiger partial charge in [-0.25, -0.2) is 4.79 Å². The zero-order valence-electron chi connectivity index (χ0n) is 11.4. The van der Waals surface area contributed by atoms with E-state index >= 15 is 0 Å². The molecule has 1 aromatic carbocycles. The zero-order valence-corrected chi connectivity index (χ0v) is 12.2. The summed E-state index contributed by atoms with van der Waals surface area (Å²) in [5, 5.41) is 9.34. The lowest BCUT2D eigenvalue weighted by Gasteiger charge is -2.34. The van der Waals surface area contributed by atoms with Crippen molar-refractivity contribution in [2.45, 2.75) is 36.5 Å². The van der Waals surface area contributed by atoms with Gasteiger partial charge in [-0.15, -0.1) is 11.8 Å². The Hall–Kier alpha value is -1.20. The topological polar surface area (TPSA) is 49.8 Å². The SMILES string of the molecule is CC(C)(C)OC(=O)N1C[C@H](CO)Sc2ccccc21. The Kier molecular flexibility index (Phi) is 4.06. The fraction of sp³-hybridized carbons (Fsp3) is 0.500. The maximum atomic E-state index is 12.3. The standard InChI is InChI=1S/C14H19NO3S/c1-14(2,3)18-13(17)15-8-10(9-16)19-12-7-5-4-6-11(12)15/h4-7,10,16H,8-9H2,1-3H3/t10-/m1/s1. The number of anilines is 1. The van der Waals surface area contributed by atoms with Crippen molar-refractivity contribution in [1.29, 1.82) is 0 Å². The monoisotopic (exact) mass is 281 g/mol. The van der Waals surface area contributed by atoms with Crippen LogP contribution >= 0.6 is 11.8 Å². The second-order valence-corrected chi connectivity index (χ2v) is 6.82. The largest absolute Gasteiger partial charge is 0.443 e. The Balaban J connectivity index is 2.27. The molecule has 0 fully saturated rings. The van der Waals surface area contributed by atoms with Crippen LogP contribution < -0.4 is 4.90 Å². The Bertz CT molecular complexity index is 470. The van der Waals surface area contributed by atoms with Gasteiger partial charge in [-0.2, -0.15) is 0 Å². The highest BCUT2D eigenvalue weighted by Gasteiger charge is 2.31. The smallest absolute Gasteiger partial charge is 0.414 e. The molecule has 0 saturated carbocycles. The van der Waals surface area contributed by atoms with Gasteiger partial charge in [0.15, 0.2) is 0 Å². The number of thioether (sulfide) groups is 1. The number of aliphatic hydroxyl groups excluding tert-OH is 1. The lowest BCUT2D eigenvalue weighted by molar-refractivity contribution is 0.0577. The molecule has 0 radical (unpaired) electrons. The van der Waals surface area contributed by atoms with E-state index in [0.29, 0.717) is 6.54 Å². The Morgan fingerprint density at radius 1 is 1.47 bits per heavy atom.